The first-order chi connectivity index (χ1) is 15.4. The van der Waals surface area contributed by atoms with Gasteiger partial charge in [-0.05, 0) is 73.6 Å². The Morgan fingerprint density at radius 3 is 2.28 bits per heavy atom. The minimum absolute atomic E-state index is 0.0358. The number of nitrogens with zero attached hydrogens (tertiary/aromatic N) is 2. The lowest BCUT2D eigenvalue weighted by atomic mass is 9.82. The molecule has 0 aliphatic heterocycles. The van der Waals surface area contributed by atoms with E-state index in [0.29, 0.717) is 37.0 Å². The number of methoxy groups -OCH3 is 2. The van der Waals surface area contributed by atoms with Crippen LogP contribution in [-0.2, 0) is 26.1 Å². The van der Waals surface area contributed by atoms with Gasteiger partial charge in [-0.3, -0.25) is 15.0 Å². The van der Waals surface area contributed by atoms with E-state index < -0.39 is 22.0 Å². The molecule has 2 aromatic rings. The lowest BCUT2D eigenvalue weighted by molar-refractivity contribution is -0.136. The van der Waals surface area contributed by atoms with Gasteiger partial charge in [-0.2, -0.15) is 4.31 Å². The summed E-state index contributed by atoms with van der Waals surface area (Å²) in [6.07, 6.45) is 5.83. The number of carbonyl (C=O) groups excluding carboxylic acids is 1. The molecule has 3 rings (SSSR count). The maximum Gasteiger partial charge on any atom is 0.262 e. The number of hydrogen-bond acceptors (Lipinski definition) is 7. The molecular weight excluding hydrogens is 434 g/mol. The number of rotatable bonds is 9. The number of ether oxygens (including phenoxy) is 2. The lowest BCUT2D eigenvalue weighted by Gasteiger charge is -2.38. The van der Waals surface area contributed by atoms with Crippen LogP contribution in [0.1, 0.15) is 31.2 Å². The molecule has 1 saturated carbocycles. The molecule has 1 unspecified atom stereocenters. The Bertz CT molecular complexity index is 976. The van der Waals surface area contributed by atoms with E-state index in [4.69, 9.17) is 9.47 Å². The van der Waals surface area contributed by atoms with Gasteiger partial charge in [0.1, 0.15) is 11.8 Å². The second-order valence-corrected chi connectivity index (χ2v) is 9.67. The summed E-state index contributed by atoms with van der Waals surface area (Å²) in [7, 11) is -0.950. The van der Waals surface area contributed by atoms with E-state index in [-0.39, 0.29) is 23.5 Å². The molecule has 2 N–H and O–H groups in total. The molecule has 1 aliphatic rings. The number of carbonyl (C=O) groups is 1. The minimum Gasteiger partial charge on any atom is -0.497 e. The molecule has 32 heavy (non-hydrogen) atoms. The predicted octanol–water partition coefficient (Wildman–Crippen LogP) is 2.36. The van der Waals surface area contributed by atoms with Crippen molar-refractivity contribution in [2.45, 2.75) is 49.3 Å². The maximum absolute atomic E-state index is 13.7. The lowest BCUT2D eigenvalue weighted by Crippen LogP contribution is -2.53. The molecule has 0 spiro atoms. The zero-order chi connectivity index (χ0) is 23.1. The smallest absolute Gasteiger partial charge is 0.262 e. The zero-order valence-electron chi connectivity index (χ0n) is 18.2. The summed E-state index contributed by atoms with van der Waals surface area (Å²) in [4.78, 5) is 16.9. The minimum atomic E-state index is -4.09. The van der Waals surface area contributed by atoms with Crippen molar-refractivity contribution in [2.75, 3.05) is 14.2 Å². The SMILES string of the molecule is COc1ccc(S(=O)(=O)N(Cc2ccncc2)C(C(=O)NO)C2CCC(OC)CC2)cc1. The largest absolute Gasteiger partial charge is 0.497 e. The number of hydroxylamine groups is 1. The molecule has 1 atom stereocenters. The van der Waals surface area contributed by atoms with Crippen LogP contribution in [0.5, 0.6) is 5.75 Å². The number of sulfonamides is 1. The molecule has 1 fully saturated rings. The van der Waals surface area contributed by atoms with Crippen LogP contribution in [0.15, 0.2) is 53.7 Å². The van der Waals surface area contributed by atoms with Gasteiger partial charge in [0, 0.05) is 26.0 Å². The highest BCUT2D eigenvalue weighted by Crippen LogP contribution is 2.34. The topological polar surface area (TPSA) is 118 Å². The van der Waals surface area contributed by atoms with Crippen LogP contribution in [0.4, 0.5) is 0 Å². The highest BCUT2D eigenvalue weighted by atomic mass is 32.2. The Kier molecular flexibility index (Phi) is 8.19. The molecule has 0 radical (unpaired) electrons. The van der Waals surface area contributed by atoms with Crippen molar-refractivity contribution in [2.24, 2.45) is 5.92 Å². The van der Waals surface area contributed by atoms with E-state index in [1.807, 2.05) is 0 Å². The summed E-state index contributed by atoms with van der Waals surface area (Å²) < 4.78 is 39.2. The molecule has 1 heterocycles. The summed E-state index contributed by atoms with van der Waals surface area (Å²) in [5.74, 6) is -0.507. The molecule has 174 valence electrons. The first-order valence-corrected chi connectivity index (χ1v) is 11.9. The van der Waals surface area contributed by atoms with Gasteiger partial charge in [0.15, 0.2) is 0 Å². The van der Waals surface area contributed by atoms with Gasteiger partial charge in [0.05, 0.1) is 18.1 Å². The Labute approximate surface area is 188 Å². The zero-order valence-corrected chi connectivity index (χ0v) is 19.0. The van der Waals surface area contributed by atoms with Crippen LogP contribution in [-0.4, -0.2) is 55.2 Å². The molecule has 0 saturated heterocycles. The fourth-order valence-corrected chi connectivity index (χ4v) is 5.81. The molecule has 1 aliphatic carbocycles. The van der Waals surface area contributed by atoms with E-state index in [1.54, 1.807) is 49.2 Å². The number of amides is 1. The van der Waals surface area contributed by atoms with Crippen molar-refractivity contribution in [1.82, 2.24) is 14.8 Å². The molecular formula is C22H29N3O6S. The maximum atomic E-state index is 13.7. The van der Waals surface area contributed by atoms with Crippen LogP contribution in [0.25, 0.3) is 0 Å². The standard InChI is InChI=1S/C22H29N3O6S/c1-30-18-5-3-17(4-6-18)21(22(26)24-27)25(15-16-11-13-23-14-12-16)32(28,29)20-9-7-19(31-2)8-10-20/h7-14,17-18,21,27H,3-6,15H2,1-2H3,(H,24,26). The number of hydrogen-bond donors (Lipinski definition) is 2. The summed E-state index contributed by atoms with van der Waals surface area (Å²) in [6, 6.07) is 8.33. The normalized spacial score (nSPS) is 20.0. The summed E-state index contributed by atoms with van der Waals surface area (Å²) in [5, 5.41) is 9.48. The Morgan fingerprint density at radius 2 is 1.75 bits per heavy atom. The van der Waals surface area contributed by atoms with Crippen LogP contribution in [0.2, 0.25) is 0 Å². The van der Waals surface area contributed by atoms with Crippen LogP contribution < -0.4 is 10.2 Å². The van der Waals surface area contributed by atoms with Crippen molar-refractivity contribution in [3.05, 3.63) is 54.4 Å². The predicted molar refractivity (Wildman–Crippen MR) is 116 cm³/mol. The quantitative estimate of drug-likeness (QED) is 0.433. The second-order valence-electron chi connectivity index (χ2n) is 7.77. The van der Waals surface area contributed by atoms with Gasteiger partial charge in [-0.25, -0.2) is 13.9 Å². The van der Waals surface area contributed by atoms with Crippen molar-refractivity contribution in [3.63, 3.8) is 0 Å². The molecule has 10 heteroatoms. The third kappa shape index (κ3) is 5.44. The van der Waals surface area contributed by atoms with Crippen molar-refractivity contribution in [3.8, 4) is 5.75 Å². The number of aromatic nitrogens is 1. The highest BCUT2D eigenvalue weighted by Gasteiger charge is 2.42. The molecule has 1 aromatic carbocycles. The first-order valence-electron chi connectivity index (χ1n) is 10.4. The van der Waals surface area contributed by atoms with Crippen LogP contribution in [0.3, 0.4) is 0 Å². The van der Waals surface area contributed by atoms with Crippen molar-refractivity contribution < 1.29 is 27.9 Å². The fourth-order valence-electron chi connectivity index (χ4n) is 4.17. The van der Waals surface area contributed by atoms with Crippen LogP contribution in [0, 0.1) is 5.92 Å². The van der Waals surface area contributed by atoms with E-state index in [2.05, 4.69) is 4.98 Å². The average Bonchev–Trinajstić information content (AvgIpc) is 2.84. The molecule has 0 bridgehead atoms. The van der Waals surface area contributed by atoms with Gasteiger partial charge < -0.3 is 9.47 Å². The van der Waals surface area contributed by atoms with E-state index in [1.165, 1.54) is 23.5 Å². The molecule has 1 amide bonds. The Morgan fingerprint density at radius 1 is 1.12 bits per heavy atom. The average molecular weight is 464 g/mol. The fraction of sp³-hybridized carbons (Fsp3) is 0.455. The third-order valence-corrected chi connectivity index (χ3v) is 7.78. The number of benzene rings is 1. The highest BCUT2D eigenvalue weighted by molar-refractivity contribution is 7.89. The Hall–Kier alpha value is -2.53. The second kappa shape index (κ2) is 10.9. The Balaban J connectivity index is 2.03. The third-order valence-electron chi connectivity index (χ3n) is 5.94. The van der Waals surface area contributed by atoms with E-state index in [0.717, 1.165) is 0 Å². The molecule has 9 nitrogen and oxygen atoms in total. The van der Waals surface area contributed by atoms with E-state index in [9.17, 15) is 18.4 Å². The van der Waals surface area contributed by atoms with Gasteiger partial charge >= 0.3 is 0 Å². The van der Waals surface area contributed by atoms with Gasteiger partial charge in [-0.15, -0.1) is 0 Å². The summed E-state index contributed by atoms with van der Waals surface area (Å²) in [6.45, 7) is -0.0425. The molecule has 1 aromatic heterocycles. The summed E-state index contributed by atoms with van der Waals surface area (Å²) in [5.41, 5.74) is 2.37. The number of pyridine rings is 1. The summed E-state index contributed by atoms with van der Waals surface area (Å²) >= 11 is 0. The van der Waals surface area contributed by atoms with Crippen molar-refractivity contribution in [1.29, 1.82) is 0 Å². The van der Waals surface area contributed by atoms with Gasteiger partial charge in [-0.1, -0.05) is 0 Å². The van der Waals surface area contributed by atoms with E-state index >= 15 is 0 Å². The number of nitrogens with one attached hydrogen (secondary N) is 1. The van der Waals surface area contributed by atoms with Crippen LogP contribution >= 0.6 is 0 Å². The van der Waals surface area contributed by atoms with Gasteiger partial charge in [0.2, 0.25) is 10.0 Å². The first kappa shape index (κ1) is 24.1. The monoisotopic (exact) mass is 463 g/mol. The van der Waals surface area contributed by atoms with Gasteiger partial charge in [0.25, 0.3) is 5.91 Å². The van der Waals surface area contributed by atoms with Crippen molar-refractivity contribution >= 4 is 15.9 Å².